The van der Waals surface area contributed by atoms with Crippen LogP contribution >= 0.6 is 0 Å². The van der Waals surface area contributed by atoms with Crippen molar-refractivity contribution in [1.82, 2.24) is 0 Å². The summed E-state index contributed by atoms with van der Waals surface area (Å²) in [5.41, 5.74) is 1.15. The molecule has 1 unspecified atom stereocenters. The number of ether oxygens (including phenoxy) is 3. The van der Waals surface area contributed by atoms with Crippen molar-refractivity contribution in [3.63, 3.8) is 0 Å². The molecule has 0 spiro atoms. The summed E-state index contributed by atoms with van der Waals surface area (Å²) in [6.45, 7) is 6.55. The summed E-state index contributed by atoms with van der Waals surface area (Å²) >= 11 is 0. The molecule has 0 radical (unpaired) electrons. The molecule has 1 aromatic rings. The summed E-state index contributed by atoms with van der Waals surface area (Å²) in [6, 6.07) is 10.1. The fourth-order valence-corrected chi connectivity index (χ4v) is 2.87. The van der Waals surface area contributed by atoms with Crippen LogP contribution in [-0.4, -0.2) is 35.7 Å². The first-order valence-corrected chi connectivity index (χ1v) is 8.64. The summed E-state index contributed by atoms with van der Waals surface area (Å²) in [5, 5.41) is 8.75. The Morgan fingerprint density at radius 1 is 1.33 bits per heavy atom. The quantitative estimate of drug-likeness (QED) is 0.785. The van der Waals surface area contributed by atoms with E-state index in [9.17, 15) is 4.79 Å². The van der Waals surface area contributed by atoms with Crippen molar-refractivity contribution in [1.29, 1.82) is 0 Å². The van der Waals surface area contributed by atoms with Crippen LogP contribution in [0.3, 0.4) is 0 Å². The maximum Gasteiger partial charge on any atom is 0.303 e. The Morgan fingerprint density at radius 3 is 2.71 bits per heavy atom. The molecule has 0 amide bonds. The van der Waals surface area contributed by atoms with E-state index in [0.29, 0.717) is 13.0 Å². The van der Waals surface area contributed by atoms with Gasteiger partial charge in [-0.15, -0.1) is 0 Å². The summed E-state index contributed by atoms with van der Waals surface area (Å²) in [6.07, 6.45) is 1.01. The number of rotatable bonds is 8. The number of hydrogen-bond donors (Lipinski definition) is 1. The molecule has 0 saturated carbocycles. The van der Waals surface area contributed by atoms with Gasteiger partial charge >= 0.3 is 5.97 Å². The molecule has 2 rings (SSSR count). The zero-order chi connectivity index (χ0) is 17.5. The van der Waals surface area contributed by atoms with E-state index in [1.165, 1.54) is 0 Å². The molecule has 1 aliphatic heterocycles. The maximum atomic E-state index is 10.6. The van der Waals surface area contributed by atoms with Gasteiger partial charge in [0.2, 0.25) is 0 Å². The average molecular weight is 336 g/mol. The second kappa shape index (κ2) is 9.16. The van der Waals surface area contributed by atoms with Gasteiger partial charge in [-0.2, -0.15) is 0 Å². The molecule has 0 bridgehead atoms. The van der Waals surface area contributed by atoms with E-state index in [1.54, 1.807) is 0 Å². The topological polar surface area (TPSA) is 65.0 Å². The van der Waals surface area contributed by atoms with Crippen LogP contribution < -0.4 is 0 Å². The SMILES string of the molecule is CC1O[C@H](O[C@H](C)CCC(=O)O)[C@H](C)C[C@@H]1OCc1ccccc1. The number of aliphatic carboxylic acids is 1. The van der Waals surface area contributed by atoms with Gasteiger partial charge in [0.05, 0.1) is 24.9 Å². The van der Waals surface area contributed by atoms with E-state index in [2.05, 4.69) is 6.92 Å². The number of hydrogen-bond acceptors (Lipinski definition) is 4. The predicted molar refractivity (Wildman–Crippen MR) is 90.6 cm³/mol. The van der Waals surface area contributed by atoms with Crippen molar-refractivity contribution < 1.29 is 24.1 Å². The van der Waals surface area contributed by atoms with E-state index in [4.69, 9.17) is 19.3 Å². The standard InChI is InChI=1S/C19H28O5/c1-13-11-17(22-12-16-7-5-4-6-8-16)15(3)24-19(13)23-14(2)9-10-18(20)21/h4-8,13-15,17,19H,9-12H2,1-3H3,(H,20,21)/t13-,14-,15?,17+,19+/m1/s1. The van der Waals surface area contributed by atoms with Crippen LogP contribution in [0.25, 0.3) is 0 Å². The van der Waals surface area contributed by atoms with Crippen molar-refractivity contribution in [3.05, 3.63) is 35.9 Å². The highest BCUT2D eigenvalue weighted by molar-refractivity contribution is 5.66. The molecule has 1 aromatic carbocycles. The Hall–Kier alpha value is -1.43. The zero-order valence-electron chi connectivity index (χ0n) is 14.7. The van der Waals surface area contributed by atoms with Gasteiger partial charge in [0.25, 0.3) is 0 Å². The Kier molecular flexibility index (Phi) is 7.21. The number of carbonyl (C=O) groups is 1. The first-order valence-electron chi connectivity index (χ1n) is 8.64. The van der Waals surface area contributed by atoms with E-state index in [-0.39, 0.29) is 36.9 Å². The third-order valence-corrected chi connectivity index (χ3v) is 4.38. The van der Waals surface area contributed by atoms with Gasteiger partial charge in [-0.25, -0.2) is 0 Å². The van der Waals surface area contributed by atoms with E-state index in [1.807, 2.05) is 44.2 Å². The highest BCUT2D eigenvalue weighted by Crippen LogP contribution is 2.29. The van der Waals surface area contributed by atoms with Gasteiger partial charge < -0.3 is 19.3 Å². The van der Waals surface area contributed by atoms with Gasteiger partial charge in [0.1, 0.15) is 0 Å². The fraction of sp³-hybridized carbons (Fsp3) is 0.632. The van der Waals surface area contributed by atoms with Crippen LogP contribution in [0.15, 0.2) is 30.3 Å². The smallest absolute Gasteiger partial charge is 0.303 e. The number of carboxylic acid groups (broad SMARTS) is 1. The van der Waals surface area contributed by atoms with Crippen LogP contribution in [-0.2, 0) is 25.6 Å². The molecule has 134 valence electrons. The van der Waals surface area contributed by atoms with E-state index >= 15 is 0 Å². The van der Waals surface area contributed by atoms with Gasteiger partial charge in [-0.3, -0.25) is 4.79 Å². The van der Waals surface area contributed by atoms with Crippen LogP contribution in [0, 0.1) is 5.92 Å². The predicted octanol–water partition coefficient (Wildman–Crippen LogP) is 3.61. The van der Waals surface area contributed by atoms with Gasteiger partial charge in [-0.1, -0.05) is 37.3 Å². The molecule has 1 N–H and O–H groups in total. The monoisotopic (exact) mass is 336 g/mol. The first kappa shape index (κ1) is 18.9. The van der Waals surface area contributed by atoms with Crippen molar-refractivity contribution in [2.24, 2.45) is 5.92 Å². The molecule has 1 aliphatic rings. The highest BCUT2D eigenvalue weighted by Gasteiger charge is 2.35. The van der Waals surface area contributed by atoms with E-state index < -0.39 is 5.97 Å². The minimum atomic E-state index is -0.800. The molecule has 24 heavy (non-hydrogen) atoms. The van der Waals surface area contributed by atoms with Crippen molar-refractivity contribution in [3.8, 4) is 0 Å². The molecular weight excluding hydrogens is 308 g/mol. The van der Waals surface area contributed by atoms with Gasteiger partial charge in [0.15, 0.2) is 6.29 Å². The van der Waals surface area contributed by atoms with Crippen LogP contribution in [0.4, 0.5) is 0 Å². The molecule has 0 aliphatic carbocycles. The second-order valence-electron chi connectivity index (χ2n) is 6.64. The van der Waals surface area contributed by atoms with Gasteiger partial charge in [-0.05, 0) is 32.3 Å². The van der Waals surface area contributed by atoms with Crippen molar-refractivity contribution in [2.45, 2.75) is 71.2 Å². The lowest BCUT2D eigenvalue weighted by atomic mass is 9.96. The third-order valence-electron chi connectivity index (χ3n) is 4.38. The molecule has 0 aromatic heterocycles. The second-order valence-corrected chi connectivity index (χ2v) is 6.64. The molecule has 1 saturated heterocycles. The van der Waals surface area contributed by atoms with Gasteiger partial charge in [0, 0.05) is 12.3 Å². The zero-order valence-corrected chi connectivity index (χ0v) is 14.7. The molecule has 5 nitrogen and oxygen atoms in total. The number of carboxylic acids is 1. The molecule has 5 heteroatoms. The summed E-state index contributed by atoms with van der Waals surface area (Å²) in [7, 11) is 0. The highest BCUT2D eigenvalue weighted by atomic mass is 16.7. The molecular formula is C19H28O5. The Balaban J connectivity index is 1.79. The fourth-order valence-electron chi connectivity index (χ4n) is 2.87. The molecule has 5 atom stereocenters. The van der Waals surface area contributed by atoms with Crippen molar-refractivity contribution >= 4 is 5.97 Å². The average Bonchev–Trinajstić information content (AvgIpc) is 2.55. The number of benzene rings is 1. The minimum absolute atomic E-state index is 0.0365. The summed E-state index contributed by atoms with van der Waals surface area (Å²) in [4.78, 5) is 10.6. The lowest BCUT2D eigenvalue weighted by Crippen LogP contribution is -2.45. The molecule has 1 fully saturated rings. The first-order chi connectivity index (χ1) is 11.5. The maximum absolute atomic E-state index is 10.6. The normalized spacial score (nSPS) is 28.5. The lowest BCUT2D eigenvalue weighted by molar-refractivity contribution is -0.262. The largest absolute Gasteiger partial charge is 0.481 e. The Morgan fingerprint density at radius 2 is 2.04 bits per heavy atom. The Labute approximate surface area is 143 Å². The summed E-state index contributed by atoms with van der Waals surface area (Å²) < 4.78 is 17.9. The summed E-state index contributed by atoms with van der Waals surface area (Å²) in [5.74, 6) is -0.597. The van der Waals surface area contributed by atoms with Crippen LogP contribution in [0.1, 0.15) is 45.6 Å². The third kappa shape index (κ3) is 5.89. The van der Waals surface area contributed by atoms with Crippen LogP contribution in [0.2, 0.25) is 0 Å². The van der Waals surface area contributed by atoms with Crippen molar-refractivity contribution in [2.75, 3.05) is 0 Å². The van der Waals surface area contributed by atoms with E-state index in [0.717, 1.165) is 12.0 Å². The van der Waals surface area contributed by atoms with Crippen LogP contribution in [0.5, 0.6) is 0 Å². The minimum Gasteiger partial charge on any atom is -0.481 e. The molecule has 1 heterocycles. The lowest BCUT2D eigenvalue weighted by Gasteiger charge is -2.39. The Bertz CT molecular complexity index is 504.